The standard InChI is InChI=1S/C24H31F2N7O/c1-15-2-7-19-18(12-15)29-23(22(25)26)33(19)21-13-20(32-8-10-34-11-9-32)30-24(31-21)28-14-16-3-5-17(27)6-4-16/h2,7,12-13,16-17,22H,3-6,8-11,14,27H2,1H3,(H,28,30,31). The number of rotatable bonds is 6. The van der Waals surface area contributed by atoms with Crippen LogP contribution < -0.4 is 16.0 Å². The lowest BCUT2D eigenvalue weighted by Crippen LogP contribution is -2.37. The molecule has 8 nitrogen and oxygen atoms in total. The highest BCUT2D eigenvalue weighted by Gasteiger charge is 2.24. The monoisotopic (exact) mass is 471 g/mol. The molecule has 34 heavy (non-hydrogen) atoms. The maximum absolute atomic E-state index is 14.1. The van der Waals surface area contributed by atoms with Gasteiger partial charge in [0.2, 0.25) is 5.95 Å². The van der Waals surface area contributed by atoms with Crippen LogP contribution in [0.4, 0.5) is 20.5 Å². The maximum atomic E-state index is 14.1. The molecule has 1 aliphatic heterocycles. The normalized spacial score (nSPS) is 21.4. The third kappa shape index (κ3) is 4.83. The molecular weight excluding hydrogens is 440 g/mol. The smallest absolute Gasteiger partial charge is 0.296 e. The van der Waals surface area contributed by atoms with Gasteiger partial charge in [-0.2, -0.15) is 9.97 Å². The minimum Gasteiger partial charge on any atom is -0.378 e. The van der Waals surface area contributed by atoms with E-state index in [9.17, 15) is 8.78 Å². The molecule has 182 valence electrons. The molecule has 1 aliphatic carbocycles. The molecule has 0 bridgehead atoms. The Hall–Kier alpha value is -2.85. The molecule has 0 atom stereocenters. The summed E-state index contributed by atoms with van der Waals surface area (Å²) in [5.74, 6) is 1.68. The first-order valence-electron chi connectivity index (χ1n) is 12.0. The summed E-state index contributed by atoms with van der Waals surface area (Å²) < 4.78 is 35.0. The van der Waals surface area contributed by atoms with Gasteiger partial charge < -0.3 is 20.7 Å². The number of fused-ring (bicyclic) bond motifs is 1. The minimum absolute atomic E-state index is 0.287. The number of aromatic nitrogens is 4. The fraction of sp³-hybridized carbons (Fsp3) is 0.542. The second-order valence-electron chi connectivity index (χ2n) is 9.27. The van der Waals surface area contributed by atoms with Crippen molar-refractivity contribution < 1.29 is 13.5 Å². The van der Waals surface area contributed by atoms with E-state index in [0.29, 0.717) is 60.8 Å². The van der Waals surface area contributed by atoms with Crippen LogP contribution in [0.3, 0.4) is 0 Å². The van der Waals surface area contributed by atoms with E-state index >= 15 is 0 Å². The number of halogens is 2. The molecule has 2 aromatic heterocycles. The van der Waals surface area contributed by atoms with Crippen LogP contribution >= 0.6 is 0 Å². The predicted octanol–water partition coefficient (Wildman–Crippen LogP) is 3.83. The molecule has 2 fully saturated rings. The number of ether oxygens (including phenoxy) is 1. The summed E-state index contributed by atoms with van der Waals surface area (Å²) in [5, 5.41) is 3.37. The van der Waals surface area contributed by atoms with Crippen LogP contribution in [-0.4, -0.2) is 58.4 Å². The van der Waals surface area contributed by atoms with Crippen LogP contribution in [0.1, 0.15) is 43.5 Å². The SMILES string of the molecule is Cc1ccc2c(c1)nc(C(F)F)n2-c1cc(N2CCOCC2)nc(NCC2CCC(N)CC2)n1. The number of nitrogens with zero attached hydrogens (tertiary/aromatic N) is 5. The number of hydrogen-bond acceptors (Lipinski definition) is 7. The van der Waals surface area contributed by atoms with Gasteiger partial charge in [-0.3, -0.25) is 4.57 Å². The van der Waals surface area contributed by atoms with Gasteiger partial charge in [-0.05, 0) is 56.2 Å². The summed E-state index contributed by atoms with van der Waals surface area (Å²) in [4.78, 5) is 15.7. The van der Waals surface area contributed by atoms with Gasteiger partial charge in [0.1, 0.15) is 11.6 Å². The minimum atomic E-state index is -2.74. The Morgan fingerprint density at radius 1 is 1.06 bits per heavy atom. The van der Waals surface area contributed by atoms with E-state index in [-0.39, 0.29) is 11.9 Å². The third-order valence-electron chi connectivity index (χ3n) is 6.73. The summed E-state index contributed by atoms with van der Waals surface area (Å²) in [6.45, 7) is 5.20. The Bertz CT molecular complexity index is 1140. The van der Waals surface area contributed by atoms with Crippen LogP contribution in [-0.2, 0) is 4.74 Å². The van der Waals surface area contributed by atoms with Gasteiger partial charge in [-0.1, -0.05) is 6.07 Å². The number of anilines is 2. The number of nitrogens with one attached hydrogen (secondary N) is 1. The van der Waals surface area contributed by atoms with Crippen LogP contribution in [0.2, 0.25) is 0 Å². The van der Waals surface area contributed by atoms with Crippen molar-refractivity contribution >= 4 is 22.8 Å². The highest BCUT2D eigenvalue weighted by molar-refractivity contribution is 5.79. The second-order valence-corrected chi connectivity index (χ2v) is 9.27. The Morgan fingerprint density at radius 3 is 2.53 bits per heavy atom. The number of alkyl halides is 2. The van der Waals surface area contributed by atoms with E-state index in [4.69, 9.17) is 15.5 Å². The fourth-order valence-electron chi connectivity index (χ4n) is 4.79. The van der Waals surface area contributed by atoms with E-state index < -0.39 is 6.43 Å². The van der Waals surface area contributed by atoms with Crippen LogP contribution in [0.5, 0.6) is 0 Å². The molecule has 3 heterocycles. The zero-order valence-electron chi connectivity index (χ0n) is 19.4. The van der Waals surface area contributed by atoms with Crippen LogP contribution in [0, 0.1) is 12.8 Å². The number of aryl methyl sites for hydroxylation is 1. The molecule has 1 saturated heterocycles. The largest absolute Gasteiger partial charge is 0.378 e. The Labute approximate surface area is 197 Å². The molecule has 5 rings (SSSR count). The van der Waals surface area contributed by atoms with Gasteiger partial charge >= 0.3 is 0 Å². The number of nitrogens with two attached hydrogens (primary N) is 1. The average Bonchev–Trinajstić information content (AvgIpc) is 3.23. The molecule has 0 spiro atoms. The zero-order valence-corrected chi connectivity index (χ0v) is 19.4. The lowest BCUT2D eigenvalue weighted by molar-refractivity contribution is 0.122. The van der Waals surface area contributed by atoms with Crippen LogP contribution in [0.15, 0.2) is 24.3 Å². The number of hydrogen-bond donors (Lipinski definition) is 2. The molecule has 0 radical (unpaired) electrons. The average molecular weight is 472 g/mol. The lowest BCUT2D eigenvalue weighted by Gasteiger charge is -2.29. The molecule has 1 saturated carbocycles. The number of benzene rings is 1. The van der Waals surface area contributed by atoms with Crippen molar-refractivity contribution in [1.82, 2.24) is 19.5 Å². The predicted molar refractivity (Wildman–Crippen MR) is 128 cm³/mol. The summed E-state index contributed by atoms with van der Waals surface area (Å²) >= 11 is 0. The van der Waals surface area contributed by atoms with Gasteiger partial charge in [0.15, 0.2) is 5.82 Å². The molecule has 2 aliphatic rings. The molecular formula is C24H31F2N7O. The summed E-state index contributed by atoms with van der Waals surface area (Å²) in [6, 6.07) is 7.58. The summed E-state index contributed by atoms with van der Waals surface area (Å²) in [7, 11) is 0. The quantitative estimate of drug-likeness (QED) is 0.564. The molecule has 1 aromatic carbocycles. The van der Waals surface area contributed by atoms with Crippen molar-refractivity contribution in [3.63, 3.8) is 0 Å². The van der Waals surface area contributed by atoms with Crippen molar-refractivity contribution in [3.8, 4) is 5.82 Å². The lowest BCUT2D eigenvalue weighted by atomic mass is 9.86. The van der Waals surface area contributed by atoms with Gasteiger partial charge in [-0.15, -0.1) is 0 Å². The number of morpholine rings is 1. The highest BCUT2D eigenvalue weighted by atomic mass is 19.3. The van der Waals surface area contributed by atoms with Gasteiger partial charge in [0.05, 0.1) is 24.2 Å². The first kappa shape index (κ1) is 22.9. The third-order valence-corrected chi connectivity index (χ3v) is 6.73. The second kappa shape index (κ2) is 9.79. The number of imidazole rings is 1. The highest BCUT2D eigenvalue weighted by Crippen LogP contribution is 2.30. The van der Waals surface area contributed by atoms with Gasteiger partial charge in [-0.25, -0.2) is 13.8 Å². The summed E-state index contributed by atoms with van der Waals surface area (Å²) in [6.07, 6.45) is 1.42. The molecule has 0 amide bonds. The molecule has 3 aromatic rings. The van der Waals surface area contributed by atoms with Crippen molar-refractivity contribution in [2.75, 3.05) is 43.1 Å². The van der Waals surface area contributed by atoms with E-state index in [2.05, 4.69) is 20.2 Å². The van der Waals surface area contributed by atoms with Crippen LogP contribution in [0.25, 0.3) is 16.9 Å². The van der Waals surface area contributed by atoms with E-state index in [1.165, 1.54) is 4.57 Å². The first-order valence-corrected chi connectivity index (χ1v) is 12.0. The van der Waals surface area contributed by atoms with E-state index in [0.717, 1.165) is 37.8 Å². The maximum Gasteiger partial charge on any atom is 0.296 e. The molecule has 3 N–H and O–H groups in total. The molecule has 10 heteroatoms. The first-order chi connectivity index (χ1) is 16.5. The van der Waals surface area contributed by atoms with E-state index in [1.54, 1.807) is 6.07 Å². The van der Waals surface area contributed by atoms with Crippen molar-refractivity contribution in [2.24, 2.45) is 11.7 Å². The van der Waals surface area contributed by atoms with E-state index in [1.807, 2.05) is 25.1 Å². The summed E-state index contributed by atoms with van der Waals surface area (Å²) in [5.41, 5.74) is 8.13. The van der Waals surface area contributed by atoms with Gasteiger partial charge in [0, 0.05) is 31.7 Å². The van der Waals surface area contributed by atoms with Crippen molar-refractivity contribution in [3.05, 3.63) is 35.7 Å². The fourth-order valence-corrected chi connectivity index (χ4v) is 4.79. The Balaban J connectivity index is 1.53. The Morgan fingerprint density at radius 2 is 1.79 bits per heavy atom. The zero-order chi connectivity index (χ0) is 23.7. The Kier molecular flexibility index (Phi) is 6.60. The van der Waals surface area contributed by atoms with Crippen molar-refractivity contribution in [1.29, 1.82) is 0 Å². The molecule has 0 unspecified atom stereocenters. The van der Waals surface area contributed by atoms with Crippen molar-refractivity contribution in [2.45, 2.75) is 45.1 Å². The van der Waals surface area contributed by atoms with Gasteiger partial charge in [0.25, 0.3) is 6.43 Å². The topological polar surface area (TPSA) is 94.1 Å².